The average molecular weight is 247 g/mol. The Labute approximate surface area is 73.3 Å². The molecule has 0 spiro atoms. The van der Waals surface area contributed by atoms with Crippen molar-refractivity contribution in [1.29, 1.82) is 0 Å². The number of nitrogens with zero attached hydrogens (tertiary/aromatic N) is 2. The highest BCUT2D eigenvalue weighted by Gasteiger charge is 2.43. The number of alkyl halides is 4. The van der Waals surface area contributed by atoms with Gasteiger partial charge in [0.2, 0.25) is 0 Å². The van der Waals surface area contributed by atoms with Gasteiger partial charge in [-0.25, -0.2) is 13.8 Å². The lowest BCUT2D eigenvalue weighted by atomic mass is 10.5. The first kappa shape index (κ1) is 9.50. The molecule has 0 unspecified atom stereocenters. The van der Waals surface area contributed by atoms with Crippen molar-refractivity contribution < 1.29 is 17.6 Å². The normalized spacial score (nSPS) is 12.5. The molecule has 0 aromatic carbocycles. The second-order valence-electron chi connectivity index (χ2n) is 1.95. The lowest BCUT2D eigenvalue weighted by molar-refractivity contribution is -0.190. The molecule has 1 heterocycles. The molecule has 0 aliphatic carbocycles. The number of aromatic nitrogens is 2. The molecule has 0 fully saturated rings. The highest BCUT2D eigenvalue weighted by Crippen LogP contribution is 2.30. The van der Waals surface area contributed by atoms with Crippen LogP contribution in [0.4, 0.5) is 17.6 Å². The van der Waals surface area contributed by atoms with Crippen molar-refractivity contribution in [1.82, 2.24) is 9.55 Å². The first-order valence-electron chi connectivity index (χ1n) is 2.81. The quantitative estimate of drug-likeness (QED) is 0.734. The standard InChI is InChI=1S/C5H3BrF4N2/c6-4-11-1-2-12(4)5(9,10)3(7)8/h1-3H. The second kappa shape index (κ2) is 3.04. The van der Waals surface area contributed by atoms with E-state index in [-0.39, 0.29) is 9.30 Å². The smallest absolute Gasteiger partial charge is 0.261 e. The third-order valence-electron chi connectivity index (χ3n) is 1.18. The molecule has 68 valence electrons. The van der Waals surface area contributed by atoms with E-state index in [9.17, 15) is 17.6 Å². The van der Waals surface area contributed by atoms with Crippen molar-refractivity contribution in [2.45, 2.75) is 12.5 Å². The molecule has 0 bridgehead atoms. The molecule has 1 aromatic heterocycles. The summed E-state index contributed by atoms with van der Waals surface area (Å²) < 4.78 is 48.2. The van der Waals surface area contributed by atoms with Gasteiger partial charge in [0, 0.05) is 12.4 Å². The summed E-state index contributed by atoms with van der Waals surface area (Å²) in [6, 6.07) is -4.21. The first-order valence-corrected chi connectivity index (χ1v) is 3.61. The van der Waals surface area contributed by atoms with Crippen LogP contribution in [0.25, 0.3) is 0 Å². The third-order valence-corrected chi connectivity index (χ3v) is 1.77. The maximum atomic E-state index is 12.5. The number of hydrogen-bond donors (Lipinski definition) is 0. The molecule has 12 heavy (non-hydrogen) atoms. The molecular formula is C5H3BrF4N2. The van der Waals surface area contributed by atoms with Gasteiger partial charge in [-0.2, -0.15) is 8.78 Å². The van der Waals surface area contributed by atoms with E-state index in [0.29, 0.717) is 0 Å². The van der Waals surface area contributed by atoms with Gasteiger partial charge < -0.3 is 0 Å². The van der Waals surface area contributed by atoms with Gasteiger partial charge in [-0.3, -0.25) is 4.57 Å². The van der Waals surface area contributed by atoms with E-state index in [1.807, 2.05) is 0 Å². The van der Waals surface area contributed by atoms with Gasteiger partial charge >= 0.3 is 12.5 Å². The van der Waals surface area contributed by atoms with E-state index in [0.717, 1.165) is 12.4 Å². The minimum Gasteiger partial charge on any atom is -0.261 e. The fourth-order valence-electron chi connectivity index (χ4n) is 0.613. The predicted molar refractivity (Wildman–Crippen MR) is 36.1 cm³/mol. The maximum Gasteiger partial charge on any atom is 0.391 e. The number of hydrogen-bond acceptors (Lipinski definition) is 1. The van der Waals surface area contributed by atoms with Gasteiger partial charge in [0.05, 0.1) is 0 Å². The Morgan fingerprint density at radius 2 is 2.08 bits per heavy atom. The molecule has 0 saturated carbocycles. The average Bonchev–Trinajstić information content (AvgIpc) is 2.35. The van der Waals surface area contributed by atoms with Gasteiger partial charge in [-0.15, -0.1) is 0 Å². The van der Waals surface area contributed by atoms with Gasteiger partial charge in [0.1, 0.15) is 0 Å². The van der Waals surface area contributed by atoms with Gasteiger partial charge in [-0.1, -0.05) is 0 Å². The molecule has 0 saturated heterocycles. The number of rotatable bonds is 2. The Hall–Kier alpha value is -0.590. The molecule has 1 aromatic rings. The van der Waals surface area contributed by atoms with E-state index in [1.54, 1.807) is 0 Å². The van der Waals surface area contributed by atoms with Crippen molar-refractivity contribution in [2.24, 2.45) is 0 Å². The zero-order valence-corrected chi connectivity index (χ0v) is 7.10. The van der Waals surface area contributed by atoms with Crippen LogP contribution in [-0.4, -0.2) is 16.0 Å². The van der Waals surface area contributed by atoms with Crippen LogP contribution in [0, 0.1) is 0 Å². The minimum absolute atomic E-state index is 0.0671. The largest absolute Gasteiger partial charge is 0.391 e. The Balaban J connectivity index is 3.05. The van der Waals surface area contributed by atoms with Crippen molar-refractivity contribution in [3.63, 3.8) is 0 Å². The van der Waals surface area contributed by atoms with Crippen LogP contribution < -0.4 is 0 Å². The van der Waals surface area contributed by atoms with Crippen LogP contribution in [0.5, 0.6) is 0 Å². The zero-order valence-electron chi connectivity index (χ0n) is 5.52. The summed E-state index contributed by atoms with van der Waals surface area (Å²) in [5, 5.41) is 0. The predicted octanol–water partition coefficient (Wildman–Crippen LogP) is 2.46. The van der Waals surface area contributed by atoms with Crippen molar-refractivity contribution in [3.8, 4) is 0 Å². The minimum atomic E-state index is -4.21. The highest BCUT2D eigenvalue weighted by molar-refractivity contribution is 9.10. The second-order valence-corrected chi connectivity index (χ2v) is 2.66. The van der Waals surface area contributed by atoms with Crippen LogP contribution in [-0.2, 0) is 6.05 Å². The number of halogens is 5. The zero-order chi connectivity index (χ0) is 9.35. The molecule has 0 atom stereocenters. The molecule has 0 N–H and O–H groups in total. The molecule has 7 heteroatoms. The molecule has 1 rings (SSSR count). The molecule has 0 amide bonds. The topological polar surface area (TPSA) is 17.8 Å². The highest BCUT2D eigenvalue weighted by atomic mass is 79.9. The van der Waals surface area contributed by atoms with Crippen LogP contribution in [0.2, 0.25) is 0 Å². The van der Waals surface area contributed by atoms with Crippen LogP contribution >= 0.6 is 15.9 Å². The molecule has 2 nitrogen and oxygen atoms in total. The molecule has 0 aliphatic heterocycles. The van der Waals surface area contributed by atoms with Crippen LogP contribution in [0.15, 0.2) is 17.1 Å². The fourth-order valence-corrected chi connectivity index (χ4v) is 1.09. The summed E-state index contributed by atoms with van der Waals surface area (Å²) in [4.78, 5) is 3.33. The Bertz CT molecular complexity index is 272. The van der Waals surface area contributed by atoms with Crippen LogP contribution in [0.3, 0.4) is 0 Å². The van der Waals surface area contributed by atoms with E-state index in [1.165, 1.54) is 0 Å². The SMILES string of the molecule is FC(F)C(F)(F)n1ccnc1Br. The summed E-state index contributed by atoms with van der Waals surface area (Å²) in [6.07, 6.45) is -1.97. The van der Waals surface area contributed by atoms with Gasteiger partial charge in [0.15, 0.2) is 4.73 Å². The Morgan fingerprint density at radius 1 is 1.50 bits per heavy atom. The van der Waals surface area contributed by atoms with E-state index in [2.05, 4.69) is 20.9 Å². The summed E-state index contributed by atoms with van der Waals surface area (Å²) in [7, 11) is 0. The van der Waals surface area contributed by atoms with Crippen molar-refractivity contribution in [2.75, 3.05) is 0 Å². The third kappa shape index (κ3) is 1.45. The van der Waals surface area contributed by atoms with E-state index >= 15 is 0 Å². The van der Waals surface area contributed by atoms with E-state index in [4.69, 9.17) is 0 Å². The monoisotopic (exact) mass is 246 g/mol. The molecular weight excluding hydrogens is 244 g/mol. The number of imidazole rings is 1. The summed E-state index contributed by atoms with van der Waals surface area (Å²) in [5.41, 5.74) is 0. The summed E-state index contributed by atoms with van der Waals surface area (Å²) >= 11 is 2.61. The van der Waals surface area contributed by atoms with Crippen molar-refractivity contribution in [3.05, 3.63) is 17.1 Å². The fraction of sp³-hybridized carbons (Fsp3) is 0.400. The summed E-state index contributed by atoms with van der Waals surface area (Å²) in [6.45, 7) is 0. The lowest BCUT2D eigenvalue weighted by Crippen LogP contribution is -2.30. The Kier molecular flexibility index (Phi) is 2.41. The van der Waals surface area contributed by atoms with Crippen molar-refractivity contribution >= 4 is 15.9 Å². The van der Waals surface area contributed by atoms with E-state index < -0.39 is 12.5 Å². The molecule has 0 radical (unpaired) electrons. The van der Waals surface area contributed by atoms with Gasteiger partial charge in [-0.05, 0) is 15.9 Å². The first-order chi connectivity index (χ1) is 5.46. The van der Waals surface area contributed by atoms with Crippen LogP contribution in [0.1, 0.15) is 0 Å². The van der Waals surface area contributed by atoms with Gasteiger partial charge in [0.25, 0.3) is 0 Å². The maximum absolute atomic E-state index is 12.5. The summed E-state index contributed by atoms with van der Waals surface area (Å²) in [5.74, 6) is 0. The Morgan fingerprint density at radius 3 is 2.42 bits per heavy atom. The lowest BCUT2D eigenvalue weighted by Gasteiger charge is -2.16. The molecule has 0 aliphatic rings.